The maximum Gasteiger partial charge on any atom is 0.255 e. The summed E-state index contributed by atoms with van der Waals surface area (Å²) < 4.78 is 26.7. The van der Waals surface area contributed by atoms with E-state index < -0.39 is 15.9 Å². The first-order chi connectivity index (χ1) is 12.6. The Labute approximate surface area is 159 Å². The van der Waals surface area contributed by atoms with Crippen molar-refractivity contribution in [3.63, 3.8) is 0 Å². The van der Waals surface area contributed by atoms with Gasteiger partial charge >= 0.3 is 0 Å². The number of nitrogens with one attached hydrogen (secondary N) is 2. The van der Waals surface area contributed by atoms with Crippen molar-refractivity contribution in [1.29, 1.82) is 0 Å². The van der Waals surface area contributed by atoms with Gasteiger partial charge in [0.1, 0.15) is 0 Å². The van der Waals surface area contributed by atoms with Crippen LogP contribution in [0.25, 0.3) is 0 Å². The van der Waals surface area contributed by atoms with Gasteiger partial charge in [0.2, 0.25) is 10.0 Å². The predicted molar refractivity (Wildman–Crippen MR) is 104 cm³/mol. The second-order valence-corrected chi connectivity index (χ2v) is 8.25. The number of hydrogen-bond donors (Lipinski definition) is 2. The summed E-state index contributed by atoms with van der Waals surface area (Å²) in [6.45, 7) is 3.46. The van der Waals surface area contributed by atoms with Crippen LogP contribution in [-0.4, -0.2) is 45.3 Å². The molecule has 27 heavy (non-hydrogen) atoms. The van der Waals surface area contributed by atoms with Gasteiger partial charge in [-0.3, -0.25) is 9.59 Å². The highest BCUT2D eigenvalue weighted by Gasteiger charge is 2.16. The maximum absolute atomic E-state index is 12.4. The Kier molecular flexibility index (Phi) is 6.35. The smallest absolute Gasteiger partial charge is 0.255 e. The van der Waals surface area contributed by atoms with E-state index in [-0.39, 0.29) is 16.8 Å². The minimum atomic E-state index is -3.61. The second-order valence-electron chi connectivity index (χ2n) is 6.53. The molecule has 0 unspecified atom stereocenters. The van der Waals surface area contributed by atoms with Crippen LogP contribution in [0.1, 0.15) is 34.6 Å². The molecule has 2 aromatic carbocycles. The Hall–Kier alpha value is -2.71. The van der Waals surface area contributed by atoms with Gasteiger partial charge in [-0.25, -0.2) is 13.1 Å². The van der Waals surface area contributed by atoms with Crippen molar-refractivity contribution >= 4 is 27.5 Å². The quantitative estimate of drug-likeness (QED) is 0.793. The number of rotatable bonds is 6. The molecule has 0 saturated heterocycles. The van der Waals surface area contributed by atoms with Crippen LogP contribution in [0, 0.1) is 0 Å². The van der Waals surface area contributed by atoms with Crippen molar-refractivity contribution < 1.29 is 18.0 Å². The van der Waals surface area contributed by atoms with Crippen LogP contribution in [0.5, 0.6) is 0 Å². The Bertz CT molecular complexity index is 936. The molecule has 0 heterocycles. The third-order valence-electron chi connectivity index (χ3n) is 3.59. The molecule has 0 saturated carbocycles. The molecule has 0 radical (unpaired) electrons. The van der Waals surface area contributed by atoms with Gasteiger partial charge in [0.15, 0.2) is 0 Å². The fraction of sp³-hybridized carbons (Fsp3) is 0.263. The first-order valence-corrected chi connectivity index (χ1v) is 9.84. The van der Waals surface area contributed by atoms with Crippen molar-refractivity contribution in [2.75, 3.05) is 19.4 Å². The Morgan fingerprint density at radius 1 is 0.963 bits per heavy atom. The average molecular weight is 389 g/mol. The van der Waals surface area contributed by atoms with E-state index in [0.717, 1.165) is 0 Å². The summed E-state index contributed by atoms with van der Waals surface area (Å²) in [6.07, 6.45) is 0. The van der Waals surface area contributed by atoms with Crippen molar-refractivity contribution in [2.45, 2.75) is 24.8 Å². The zero-order valence-corrected chi connectivity index (χ0v) is 16.5. The third-order valence-corrected chi connectivity index (χ3v) is 5.27. The summed E-state index contributed by atoms with van der Waals surface area (Å²) in [4.78, 5) is 25.9. The summed E-state index contributed by atoms with van der Waals surface area (Å²) >= 11 is 0. The minimum Gasteiger partial charge on any atom is -0.345 e. The highest BCUT2D eigenvalue weighted by atomic mass is 32.2. The molecule has 0 atom stereocenters. The fourth-order valence-corrected chi connectivity index (χ4v) is 3.61. The van der Waals surface area contributed by atoms with Gasteiger partial charge < -0.3 is 10.2 Å². The lowest BCUT2D eigenvalue weighted by Gasteiger charge is -2.12. The van der Waals surface area contributed by atoms with Crippen LogP contribution in [0.15, 0.2) is 53.4 Å². The number of anilines is 1. The van der Waals surface area contributed by atoms with Gasteiger partial charge in [-0.1, -0.05) is 6.07 Å². The van der Waals surface area contributed by atoms with Gasteiger partial charge in [-0.2, -0.15) is 0 Å². The molecule has 144 valence electrons. The van der Waals surface area contributed by atoms with E-state index in [2.05, 4.69) is 10.0 Å². The van der Waals surface area contributed by atoms with E-state index in [1.165, 1.54) is 29.2 Å². The topological polar surface area (TPSA) is 95.6 Å². The average Bonchev–Trinajstić information content (AvgIpc) is 2.60. The number of sulfonamides is 1. The fourth-order valence-electron chi connectivity index (χ4n) is 2.36. The van der Waals surface area contributed by atoms with E-state index in [9.17, 15) is 18.0 Å². The van der Waals surface area contributed by atoms with Crippen LogP contribution >= 0.6 is 0 Å². The highest BCUT2D eigenvalue weighted by molar-refractivity contribution is 7.89. The monoisotopic (exact) mass is 389 g/mol. The molecule has 0 aliphatic rings. The third kappa shape index (κ3) is 5.38. The summed E-state index contributed by atoms with van der Waals surface area (Å²) in [7, 11) is -0.308. The molecular formula is C19H23N3O4S. The molecule has 2 N–H and O–H groups in total. The van der Waals surface area contributed by atoms with Gasteiger partial charge in [-0.05, 0) is 56.3 Å². The predicted octanol–water partition coefficient (Wildman–Crippen LogP) is 2.33. The maximum atomic E-state index is 12.4. The van der Waals surface area contributed by atoms with E-state index >= 15 is 0 Å². The lowest BCUT2D eigenvalue weighted by atomic mass is 10.1. The molecule has 0 fully saturated rings. The lowest BCUT2D eigenvalue weighted by Crippen LogP contribution is -2.30. The Morgan fingerprint density at radius 2 is 1.59 bits per heavy atom. The van der Waals surface area contributed by atoms with E-state index in [1.54, 1.807) is 52.2 Å². The summed E-state index contributed by atoms with van der Waals surface area (Å²) in [5.41, 5.74) is 1.24. The van der Waals surface area contributed by atoms with E-state index in [1.807, 2.05) is 0 Å². The molecule has 2 rings (SSSR count). The molecular weight excluding hydrogens is 366 g/mol. The molecule has 8 heteroatoms. The molecule has 2 aromatic rings. The first-order valence-electron chi connectivity index (χ1n) is 8.35. The van der Waals surface area contributed by atoms with Crippen molar-refractivity contribution in [3.05, 3.63) is 59.7 Å². The van der Waals surface area contributed by atoms with Crippen molar-refractivity contribution in [2.24, 2.45) is 0 Å². The molecule has 2 amide bonds. The molecule has 0 aliphatic carbocycles. The van der Waals surface area contributed by atoms with Crippen LogP contribution in [0.3, 0.4) is 0 Å². The van der Waals surface area contributed by atoms with Crippen LogP contribution in [0.4, 0.5) is 5.69 Å². The Balaban J connectivity index is 2.15. The number of hydrogen-bond acceptors (Lipinski definition) is 4. The number of amides is 2. The zero-order valence-electron chi connectivity index (χ0n) is 15.7. The number of carbonyl (C=O) groups excluding carboxylic acids is 2. The van der Waals surface area contributed by atoms with Gasteiger partial charge in [-0.15, -0.1) is 0 Å². The van der Waals surface area contributed by atoms with Crippen molar-refractivity contribution in [3.8, 4) is 0 Å². The number of carbonyl (C=O) groups is 2. The molecule has 0 aliphatic heterocycles. The number of benzene rings is 2. The highest BCUT2D eigenvalue weighted by Crippen LogP contribution is 2.15. The SMILES string of the molecule is CC(C)NS(=O)(=O)c1ccc(C(=O)Nc2cccc(C(=O)N(C)C)c2)cc1. The van der Waals surface area contributed by atoms with Gasteiger partial charge in [0.25, 0.3) is 11.8 Å². The first kappa shape index (κ1) is 20.6. The second kappa shape index (κ2) is 8.32. The van der Waals surface area contributed by atoms with Crippen LogP contribution in [0.2, 0.25) is 0 Å². The minimum absolute atomic E-state index is 0.0892. The molecule has 7 nitrogen and oxygen atoms in total. The standard InChI is InChI=1S/C19H23N3O4S/c1-13(2)21-27(25,26)17-10-8-14(9-11-17)18(23)20-16-7-5-6-15(12-16)19(24)22(3)4/h5-13,21H,1-4H3,(H,20,23). The van der Waals surface area contributed by atoms with Gasteiger partial charge in [0, 0.05) is 37.0 Å². The van der Waals surface area contributed by atoms with Crippen LogP contribution in [-0.2, 0) is 10.0 Å². The molecule has 0 aromatic heterocycles. The molecule has 0 bridgehead atoms. The van der Waals surface area contributed by atoms with E-state index in [0.29, 0.717) is 16.8 Å². The Morgan fingerprint density at radius 3 is 2.15 bits per heavy atom. The van der Waals surface area contributed by atoms with Crippen LogP contribution < -0.4 is 10.0 Å². The number of nitrogens with zero attached hydrogens (tertiary/aromatic N) is 1. The summed E-state index contributed by atoms with van der Waals surface area (Å²) in [6, 6.07) is 12.0. The lowest BCUT2D eigenvalue weighted by molar-refractivity contribution is 0.0827. The van der Waals surface area contributed by atoms with E-state index in [4.69, 9.17) is 0 Å². The van der Waals surface area contributed by atoms with Gasteiger partial charge in [0.05, 0.1) is 4.90 Å². The molecule has 0 spiro atoms. The summed E-state index contributed by atoms with van der Waals surface area (Å²) in [5.74, 6) is -0.566. The largest absolute Gasteiger partial charge is 0.345 e. The van der Waals surface area contributed by atoms with Crippen molar-refractivity contribution in [1.82, 2.24) is 9.62 Å². The zero-order chi connectivity index (χ0) is 20.2. The summed E-state index contributed by atoms with van der Waals surface area (Å²) in [5, 5.41) is 2.71. The normalized spacial score (nSPS) is 11.3.